The van der Waals surface area contributed by atoms with Crippen LogP contribution in [-0.2, 0) is 9.59 Å². The number of hydrogen-bond donors (Lipinski definition) is 1. The van der Waals surface area contributed by atoms with Crippen LogP contribution in [0.15, 0.2) is 11.6 Å². The van der Waals surface area contributed by atoms with Crippen molar-refractivity contribution in [3.8, 4) is 0 Å². The second-order valence-electron chi connectivity index (χ2n) is 3.25. The van der Waals surface area contributed by atoms with E-state index in [4.69, 9.17) is 5.73 Å². The Morgan fingerprint density at radius 3 is 2.15 bits per heavy atom. The molecule has 0 spiro atoms. The summed E-state index contributed by atoms with van der Waals surface area (Å²) in [6.45, 7) is 5.24. The summed E-state index contributed by atoms with van der Waals surface area (Å²) in [6.07, 6.45) is 1.47. The van der Waals surface area contributed by atoms with Crippen molar-refractivity contribution in [2.75, 3.05) is 7.05 Å². The molecule has 4 nitrogen and oxygen atoms in total. The zero-order valence-electron chi connectivity index (χ0n) is 8.50. The summed E-state index contributed by atoms with van der Waals surface area (Å²) in [5, 5.41) is 0. The van der Waals surface area contributed by atoms with E-state index < -0.39 is 11.9 Å². The van der Waals surface area contributed by atoms with Gasteiger partial charge in [0.15, 0.2) is 0 Å². The van der Waals surface area contributed by atoms with Crippen molar-refractivity contribution in [3.63, 3.8) is 0 Å². The number of nitrogens with zero attached hydrogens (tertiary/aromatic N) is 1. The number of hydrogen-bond acceptors (Lipinski definition) is 2. The molecule has 0 saturated heterocycles. The first-order chi connectivity index (χ1) is 5.86. The maximum absolute atomic E-state index is 11.3. The number of likely N-dealkylation sites (N-methyl/N-ethyl adjacent to an activating group) is 1. The molecule has 0 heterocycles. The second kappa shape index (κ2) is 4.64. The molecule has 0 radical (unpaired) electrons. The maximum atomic E-state index is 11.3. The molecule has 0 unspecified atom stereocenters. The molecular formula is C9H16N2O2. The van der Waals surface area contributed by atoms with Crippen LogP contribution < -0.4 is 5.73 Å². The van der Waals surface area contributed by atoms with Gasteiger partial charge in [0.05, 0.1) is 0 Å². The summed E-state index contributed by atoms with van der Waals surface area (Å²) < 4.78 is 0. The van der Waals surface area contributed by atoms with Crippen molar-refractivity contribution in [3.05, 3.63) is 11.6 Å². The van der Waals surface area contributed by atoms with Crippen LogP contribution in [-0.4, -0.2) is 29.8 Å². The summed E-state index contributed by atoms with van der Waals surface area (Å²) in [5.74, 6) is -0.704. The third-order valence-electron chi connectivity index (χ3n) is 1.75. The molecule has 0 aliphatic carbocycles. The summed E-state index contributed by atoms with van der Waals surface area (Å²) in [4.78, 5) is 23.4. The van der Waals surface area contributed by atoms with Crippen molar-refractivity contribution < 1.29 is 9.59 Å². The van der Waals surface area contributed by atoms with E-state index in [1.54, 1.807) is 14.0 Å². The van der Waals surface area contributed by atoms with Crippen LogP contribution in [0.5, 0.6) is 0 Å². The number of carbonyl (C=O) groups is 2. The lowest BCUT2D eigenvalue weighted by molar-refractivity contribution is -0.133. The van der Waals surface area contributed by atoms with Gasteiger partial charge in [-0.1, -0.05) is 5.57 Å². The molecule has 74 valence electrons. The molecule has 2 amide bonds. The van der Waals surface area contributed by atoms with E-state index in [0.29, 0.717) is 0 Å². The Balaban J connectivity index is 4.43. The van der Waals surface area contributed by atoms with Crippen LogP contribution in [0.3, 0.4) is 0 Å². The Labute approximate surface area is 78.4 Å². The molecule has 0 bridgehead atoms. The molecular weight excluding hydrogens is 168 g/mol. The highest BCUT2D eigenvalue weighted by Crippen LogP contribution is 1.98. The smallest absolute Gasteiger partial charge is 0.246 e. The third kappa shape index (κ3) is 3.73. The first-order valence-corrected chi connectivity index (χ1v) is 4.07. The number of primary amides is 1. The van der Waals surface area contributed by atoms with Gasteiger partial charge in [0.25, 0.3) is 0 Å². The lowest BCUT2D eigenvalue weighted by atomic mass is 10.2. The highest BCUT2D eigenvalue weighted by molar-refractivity contribution is 5.92. The van der Waals surface area contributed by atoms with Crippen LogP contribution in [0.25, 0.3) is 0 Å². The molecule has 0 aliphatic heterocycles. The van der Waals surface area contributed by atoms with E-state index in [2.05, 4.69) is 0 Å². The van der Waals surface area contributed by atoms with E-state index in [0.717, 1.165) is 5.57 Å². The van der Waals surface area contributed by atoms with Gasteiger partial charge < -0.3 is 10.6 Å². The molecule has 0 aliphatic rings. The Morgan fingerprint density at radius 1 is 1.38 bits per heavy atom. The lowest BCUT2D eigenvalue weighted by Crippen LogP contribution is -2.43. The number of rotatable bonds is 3. The minimum atomic E-state index is -0.567. The molecule has 0 aromatic carbocycles. The SMILES string of the molecule is CC(C)=CC(=O)N(C)[C@H](C)C(N)=O. The average molecular weight is 184 g/mol. The minimum Gasteiger partial charge on any atom is -0.368 e. The van der Waals surface area contributed by atoms with E-state index in [1.807, 2.05) is 13.8 Å². The van der Waals surface area contributed by atoms with Crippen molar-refractivity contribution in [1.82, 2.24) is 4.90 Å². The average Bonchev–Trinajstić information content (AvgIpc) is 2.00. The van der Waals surface area contributed by atoms with Crippen molar-refractivity contribution in [2.24, 2.45) is 5.73 Å². The zero-order valence-corrected chi connectivity index (χ0v) is 8.50. The standard InChI is InChI=1S/C9H16N2O2/c1-6(2)5-8(12)11(4)7(3)9(10)13/h5,7H,1-4H3,(H2,10,13)/t7-/m1/s1. The molecule has 4 heteroatoms. The van der Waals surface area contributed by atoms with Gasteiger partial charge in [0, 0.05) is 13.1 Å². The Bertz CT molecular complexity index is 242. The van der Waals surface area contributed by atoms with Crippen LogP contribution in [0.1, 0.15) is 20.8 Å². The molecule has 0 saturated carbocycles. The van der Waals surface area contributed by atoms with E-state index >= 15 is 0 Å². The maximum Gasteiger partial charge on any atom is 0.246 e. The molecule has 0 aromatic heterocycles. The fraction of sp³-hybridized carbons (Fsp3) is 0.556. The van der Waals surface area contributed by atoms with Gasteiger partial charge >= 0.3 is 0 Å². The van der Waals surface area contributed by atoms with Crippen molar-refractivity contribution >= 4 is 11.8 Å². The van der Waals surface area contributed by atoms with Crippen LogP contribution in [0, 0.1) is 0 Å². The molecule has 2 N–H and O–H groups in total. The second-order valence-corrected chi connectivity index (χ2v) is 3.25. The van der Waals surface area contributed by atoms with Crippen molar-refractivity contribution in [1.29, 1.82) is 0 Å². The van der Waals surface area contributed by atoms with Gasteiger partial charge in [-0.2, -0.15) is 0 Å². The topological polar surface area (TPSA) is 63.4 Å². The third-order valence-corrected chi connectivity index (χ3v) is 1.75. The molecule has 0 fully saturated rings. The van der Waals surface area contributed by atoms with Crippen LogP contribution in [0.2, 0.25) is 0 Å². The van der Waals surface area contributed by atoms with Gasteiger partial charge in [0.2, 0.25) is 11.8 Å². The van der Waals surface area contributed by atoms with Gasteiger partial charge in [-0.25, -0.2) is 0 Å². The molecule has 0 aromatic rings. The number of allylic oxidation sites excluding steroid dienone is 1. The summed E-state index contributed by atoms with van der Waals surface area (Å²) in [7, 11) is 1.55. The molecule has 1 atom stereocenters. The predicted octanol–water partition coefficient (Wildman–Crippen LogP) is 0.285. The van der Waals surface area contributed by atoms with E-state index in [1.165, 1.54) is 11.0 Å². The summed E-state index contributed by atoms with van der Waals surface area (Å²) >= 11 is 0. The highest BCUT2D eigenvalue weighted by Gasteiger charge is 2.17. The first kappa shape index (κ1) is 11.7. The normalized spacial score (nSPS) is 11.7. The van der Waals surface area contributed by atoms with Crippen LogP contribution >= 0.6 is 0 Å². The van der Waals surface area contributed by atoms with Gasteiger partial charge in [-0.3, -0.25) is 9.59 Å². The number of carbonyl (C=O) groups excluding carboxylic acids is 2. The summed E-state index contributed by atoms with van der Waals surface area (Å²) in [5.41, 5.74) is 5.95. The Kier molecular flexibility index (Phi) is 4.17. The number of amides is 2. The largest absolute Gasteiger partial charge is 0.368 e. The van der Waals surface area contributed by atoms with Crippen molar-refractivity contribution in [2.45, 2.75) is 26.8 Å². The number of nitrogens with two attached hydrogens (primary N) is 1. The quantitative estimate of drug-likeness (QED) is 0.640. The van der Waals surface area contributed by atoms with E-state index in [9.17, 15) is 9.59 Å². The van der Waals surface area contributed by atoms with Gasteiger partial charge in [-0.05, 0) is 20.8 Å². The predicted molar refractivity (Wildman–Crippen MR) is 50.9 cm³/mol. The van der Waals surface area contributed by atoms with Crippen LogP contribution in [0.4, 0.5) is 0 Å². The Morgan fingerprint density at radius 2 is 1.85 bits per heavy atom. The molecule has 13 heavy (non-hydrogen) atoms. The fourth-order valence-corrected chi connectivity index (χ4v) is 0.730. The van der Waals surface area contributed by atoms with Gasteiger partial charge in [0.1, 0.15) is 6.04 Å². The monoisotopic (exact) mass is 184 g/mol. The van der Waals surface area contributed by atoms with E-state index in [-0.39, 0.29) is 5.91 Å². The minimum absolute atomic E-state index is 0.202. The highest BCUT2D eigenvalue weighted by atomic mass is 16.2. The van der Waals surface area contributed by atoms with Gasteiger partial charge in [-0.15, -0.1) is 0 Å². The zero-order chi connectivity index (χ0) is 10.6. The summed E-state index contributed by atoms with van der Waals surface area (Å²) in [6, 6.07) is -0.567. The molecule has 0 rings (SSSR count). The lowest BCUT2D eigenvalue weighted by Gasteiger charge is -2.20. The first-order valence-electron chi connectivity index (χ1n) is 4.07. The Hall–Kier alpha value is -1.32. The fourth-order valence-electron chi connectivity index (χ4n) is 0.730.